The van der Waals surface area contributed by atoms with E-state index in [1.807, 2.05) is 42.5 Å². The van der Waals surface area contributed by atoms with Crippen LogP contribution in [-0.4, -0.2) is 34.5 Å². The zero-order valence-corrected chi connectivity index (χ0v) is 19.4. The highest BCUT2D eigenvalue weighted by atomic mass is 32.2. The smallest absolute Gasteiger partial charge is 0.341 e. The number of aromatic nitrogens is 3. The summed E-state index contributed by atoms with van der Waals surface area (Å²) < 4.78 is 18.3. The number of carbonyl (C=O) groups excluding carboxylic acids is 1. The van der Waals surface area contributed by atoms with Crippen molar-refractivity contribution in [2.24, 2.45) is 0 Å². The van der Waals surface area contributed by atoms with E-state index in [2.05, 4.69) is 26.9 Å². The molecule has 0 saturated carbocycles. The van der Waals surface area contributed by atoms with E-state index in [0.29, 0.717) is 30.2 Å². The number of benzene rings is 2. The quantitative estimate of drug-likeness (QED) is 0.234. The molecule has 4 aromatic rings. The van der Waals surface area contributed by atoms with Crippen LogP contribution in [0.2, 0.25) is 0 Å². The van der Waals surface area contributed by atoms with Crippen LogP contribution in [0.5, 0.6) is 5.75 Å². The van der Waals surface area contributed by atoms with Gasteiger partial charge < -0.3 is 18.5 Å². The molecule has 2 aromatic carbocycles. The maximum Gasteiger partial charge on any atom is 0.341 e. The van der Waals surface area contributed by atoms with Gasteiger partial charge in [-0.3, -0.25) is 0 Å². The van der Waals surface area contributed by atoms with Gasteiger partial charge in [-0.25, -0.2) is 4.79 Å². The molecule has 2 aromatic heterocycles. The van der Waals surface area contributed by atoms with Gasteiger partial charge in [0.15, 0.2) is 11.0 Å². The number of hydrogen-bond donors (Lipinski definition) is 0. The van der Waals surface area contributed by atoms with Gasteiger partial charge in [-0.1, -0.05) is 54.2 Å². The molecular formula is C25H25N3O4S. The third kappa shape index (κ3) is 5.28. The van der Waals surface area contributed by atoms with Crippen LogP contribution in [0.25, 0.3) is 11.4 Å². The predicted octanol–water partition coefficient (Wildman–Crippen LogP) is 5.26. The Labute approximate surface area is 196 Å². The van der Waals surface area contributed by atoms with Gasteiger partial charge in [0.1, 0.15) is 17.1 Å². The molecule has 2 heterocycles. The second-order valence-corrected chi connectivity index (χ2v) is 8.10. The van der Waals surface area contributed by atoms with Crippen LogP contribution in [-0.2, 0) is 23.5 Å². The molecule has 0 spiro atoms. The van der Waals surface area contributed by atoms with Gasteiger partial charge in [0.05, 0.1) is 31.3 Å². The van der Waals surface area contributed by atoms with Crippen LogP contribution < -0.4 is 4.74 Å². The SMILES string of the molecule is CCOC(=O)c1ccoc1CSc1nnc(-c2ccccc2OC)n1CCc1ccccc1. The first-order chi connectivity index (χ1) is 16.2. The van der Waals surface area contributed by atoms with Crippen LogP contribution in [0.15, 0.2) is 76.5 Å². The van der Waals surface area contributed by atoms with Gasteiger partial charge in [-0.05, 0) is 37.1 Å². The summed E-state index contributed by atoms with van der Waals surface area (Å²) in [5.41, 5.74) is 2.53. The van der Waals surface area contributed by atoms with E-state index >= 15 is 0 Å². The zero-order chi connectivity index (χ0) is 23.0. The molecule has 0 aliphatic carbocycles. The summed E-state index contributed by atoms with van der Waals surface area (Å²) in [7, 11) is 1.65. The fraction of sp³-hybridized carbons (Fsp3) is 0.240. The van der Waals surface area contributed by atoms with Crippen LogP contribution in [0.4, 0.5) is 0 Å². The van der Waals surface area contributed by atoms with E-state index in [4.69, 9.17) is 13.9 Å². The van der Waals surface area contributed by atoms with E-state index in [-0.39, 0.29) is 5.97 Å². The molecular weight excluding hydrogens is 438 g/mol. The second kappa shape index (κ2) is 10.9. The van der Waals surface area contributed by atoms with Crippen molar-refractivity contribution >= 4 is 17.7 Å². The molecule has 0 fully saturated rings. The number of aryl methyl sites for hydroxylation is 1. The third-order valence-electron chi connectivity index (χ3n) is 5.10. The number of para-hydroxylation sites is 1. The van der Waals surface area contributed by atoms with Crippen LogP contribution >= 0.6 is 11.8 Å². The molecule has 7 nitrogen and oxygen atoms in total. The predicted molar refractivity (Wildman–Crippen MR) is 126 cm³/mol. The molecule has 8 heteroatoms. The van der Waals surface area contributed by atoms with Crippen LogP contribution in [0, 0.1) is 0 Å². The Morgan fingerprint density at radius 1 is 1.06 bits per heavy atom. The van der Waals surface area contributed by atoms with Crippen molar-refractivity contribution < 1.29 is 18.7 Å². The fourth-order valence-corrected chi connectivity index (χ4v) is 4.40. The van der Waals surface area contributed by atoms with Gasteiger partial charge in [0.25, 0.3) is 0 Å². The van der Waals surface area contributed by atoms with E-state index < -0.39 is 0 Å². The van der Waals surface area contributed by atoms with Gasteiger partial charge >= 0.3 is 5.97 Å². The minimum absolute atomic E-state index is 0.312. The Kier molecular flexibility index (Phi) is 7.47. The summed E-state index contributed by atoms with van der Waals surface area (Å²) in [6, 6.07) is 19.7. The minimum atomic E-state index is -0.387. The van der Waals surface area contributed by atoms with Crippen LogP contribution in [0.1, 0.15) is 28.6 Å². The Balaban J connectivity index is 1.62. The molecule has 0 bridgehead atoms. The lowest BCUT2D eigenvalue weighted by atomic mass is 10.1. The van der Waals surface area contributed by atoms with E-state index in [0.717, 1.165) is 28.7 Å². The van der Waals surface area contributed by atoms with Crippen molar-refractivity contribution in [3.05, 3.63) is 83.8 Å². The molecule has 170 valence electrons. The van der Waals surface area contributed by atoms with Crippen molar-refractivity contribution in [2.45, 2.75) is 30.8 Å². The molecule has 0 unspecified atom stereocenters. The standard InChI is InChI=1S/C25H25N3O4S/c1-3-31-24(29)20-14-16-32-22(20)17-33-25-27-26-23(19-11-7-8-12-21(19)30-2)28(25)15-13-18-9-5-4-6-10-18/h4-12,14,16H,3,13,15,17H2,1-2H3. The number of methoxy groups -OCH3 is 1. The first-order valence-electron chi connectivity index (χ1n) is 10.7. The number of ether oxygens (including phenoxy) is 2. The highest BCUT2D eigenvalue weighted by Crippen LogP contribution is 2.32. The number of hydrogen-bond acceptors (Lipinski definition) is 7. The van der Waals surface area contributed by atoms with Gasteiger partial charge in [0.2, 0.25) is 0 Å². The molecule has 4 rings (SSSR count). The lowest BCUT2D eigenvalue weighted by Gasteiger charge is -2.12. The molecule has 0 radical (unpaired) electrons. The van der Waals surface area contributed by atoms with Crippen molar-refractivity contribution in [2.75, 3.05) is 13.7 Å². The highest BCUT2D eigenvalue weighted by Gasteiger charge is 2.20. The van der Waals surface area contributed by atoms with Gasteiger partial charge in [-0.15, -0.1) is 10.2 Å². The maximum atomic E-state index is 12.2. The fourth-order valence-electron chi connectivity index (χ4n) is 3.48. The third-order valence-corrected chi connectivity index (χ3v) is 6.07. The van der Waals surface area contributed by atoms with E-state index in [1.54, 1.807) is 20.1 Å². The van der Waals surface area contributed by atoms with Crippen molar-refractivity contribution in [3.8, 4) is 17.1 Å². The maximum absolute atomic E-state index is 12.2. The zero-order valence-electron chi connectivity index (χ0n) is 18.6. The number of nitrogens with zero attached hydrogens (tertiary/aromatic N) is 3. The first kappa shape index (κ1) is 22.7. The molecule has 0 atom stereocenters. The summed E-state index contributed by atoms with van der Waals surface area (Å²) >= 11 is 1.47. The molecule has 0 aliphatic rings. The Morgan fingerprint density at radius 2 is 1.85 bits per heavy atom. The molecule has 0 saturated heterocycles. The van der Waals surface area contributed by atoms with E-state index in [1.165, 1.54) is 23.6 Å². The Hall–Kier alpha value is -3.52. The summed E-state index contributed by atoms with van der Waals surface area (Å²) in [5.74, 6) is 2.06. The average molecular weight is 464 g/mol. The molecule has 0 amide bonds. The largest absolute Gasteiger partial charge is 0.496 e. The summed E-state index contributed by atoms with van der Waals surface area (Å²) in [6.45, 7) is 2.78. The Bertz CT molecular complexity index is 1200. The normalized spacial score (nSPS) is 10.8. The molecule has 33 heavy (non-hydrogen) atoms. The van der Waals surface area contributed by atoms with Gasteiger partial charge in [0, 0.05) is 6.54 Å². The topological polar surface area (TPSA) is 79.4 Å². The summed E-state index contributed by atoms with van der Waals surface area (Å²) in [6.07, 6.45) is 2.33. The lowest BCUT2D eigenvalue weighted by molar-refractivity contribution is 0.0524. The lowest BCUT2D eigenvalue weighted by Crippen LogP contribution is -2.07. The first-order valence-corrected chi connectivity index (χ1v) is 11.7. The number of esters is 1. The average Bonchev–Trinajstić information content (AvgIpc) is 3.49. The number of rotatable bonds is 10. The minimum Gasteiger partial charge on any atom is -0.496 e. The van der Waals surface area contributed by atoms with E-state index in [9.17, 15) is 4.79 Å². The number of furan rings is 1. The summed E-state index contributed by atoms with van der Waals surface area (Å²) in [4.78, 5) is 12.2. The number of thioether (sulfide) groups is 1. The van der Waals surface area contributed by atoms with Gasteiger partial charge in [-0.2, -0.15) is 0 Å². The van der Waals surface area contributed by atoms with Crippen molar-refractivity contribution in [3.63, 3.8) is 0 Å². The molecule has 0 aliphatic heterocycles. The number of carbonyl (C=O) groups is 1. The van der Waals surface area contributed by atoms with Crippen molar-refractivity contribution in [1.82, 2.24) is 14.8 Å². The van der Waals surface area contributed by atoms with Crippen molar-refractivity contribution in [1.29, 1.82) is 0 Å². The monoisotopic (exact) mass is 463 g/mol. The summed E-state index contributed by atoms with van der Waals surface area (Å²) in [5, 5.41) is 9.67. The Morgan fingerprint density at radius 3 is 2.64 bits per heavy atom. The molecule has 0 N–H and O–H groups in total. The highest BCUT2D eigenvalue weighted by molar-refractivity contribution is 7.98. The van der Waals surface area contributed by atoms with Crippen LogP contribution in [0.3, 0.4) is 0 Å². The second-order valence-electron chi connectivity index (χ2n) is 7.16.